The molecule has 12 heteroatoms. The lowest BCUT2D eigenvalue weighted by atomic mass is 10.3. The lowest BCUT2D eigenvalue weighted by Crippen LogP contribution is -2.50. The first-order chi connectivity index (χ1) is 13.9. The minimum atomic E-state index is -3.59. The van der Waals surface area contributed by atoms with Crippen LogP contribution in [-0.2, 0) is 14.8 Å². The van der Waals surface area contributed by atoms with Crippen LogP contribution in [0.4, 0.5) is 5.13 Å². The molecule has 0 saturated carbocycles. The molecular formula is C17H20ClN5O3S3. The van der Waals surface area contributed by atoms with Crippen LogP contribution >= 0.6 is 34.7 Å². The normalized spacial score (nSPS) is 15.3. The summed E-state index contributed by atoms with van der Waals surface area (Å²) in [6, 6.07) is 6.09. The minimum absolute atomic E-state index is 0.0469. The molecule has 3 rings (SSSR count). The van der Waals surface area contributed by atoms with E-state index in [-0.39, 0.29) is 29.6 Å². The lowest BCUT2D eigenvalue weighted by molar-refractivity contribution is -0.129. The smallest absolute Gasteiger partial charge is 0.243 e. The molecule has 1 saturated heterocycles. The Bertz CT molecular complexity index is 957. The van der Waals surface area contributed by atoms with Gasteiger partial charge in [-0.2, -0.15) is 4.31 Å². The van der Waals surface area contributed by atoms with Crippen LogP contribution in [0.2, 0.25) is 5.02 Å². The number of thioether (sulfide) groups is 1. The highest BCUT2D eigenvalue weighted by Crippen LogP contribution is 2.26. The molecule has 0 spiro atoms. The second-order valence-corrected chi connectivity index (χ2v) is 10.6. The number of hydrogen-bond acceptors (Lipinski definition) is 8. The monoisotopic (exact) mass is 473 g/mol. The van der Waals surface area contributed by atoms with Crippen molar-refractivity contribution in [2.75, 3.05) is 43.8 Å². The first-order valence-electron chi connectivity index (χ1n) is 8.74. The quantitative estimate of drug-likeness (QED) is 0.464. The van der Waals surface area contributed by atoms with Crippen LogP contribution < -0.4 is 5.32 Å². The van der Waals surface area contributed by atoms with Crippen LogP contribution in [0.1, 0.15) is 0 Å². The number of hydrogen-bond donors (Lipinski definition) is 1. The molecule has 29 heavy (non-hydrogen) atoms. The van der Waals surface area contributed by atoms with E-state index in [9.17, 15) is 13.2 Å². The summed E-state index contributed by atoms with van der Waals surface area (Å²) in [5.74, 6) is 0.189. The second-order valence-electron chi connectivity index (χ2n) is 6.07. The average molecular weight is 474 g/mol. The number of anilines is 1. The number of nitrogens with zero attached hydrogens (tertiary/aromatic N) is 4. The fraction of sp³-hybridized carbons (Fsp3) is 0.353. The van der Waals surface area contributed by atoms with Crippen molar-refractivity contribution < 1.29 is 13.2 Å². The number of benzene rings is 1. The van der Waals surface area contributed by atoms with Crippen LogP contribution in [0.15, 0.2) is 46.2 Å². The SMILES string of the molecule is C=CCNc1nnc(SCC(=O)N2CCN(S(=O)(=O)c3ccc(Cl)cc3)CC2)s1. The van der Waals surface area contributed by atoms with E-state index >= 15 is 0 Å². The fourth-order valence-corrected chi connectivity index (χ4v) is 5.86. The number of aromatic nitrogens is 2. The van der Waals surface area contributed by atoms with Gasteiger partial charge in [0, 0.05) is 37.7 Å². The number of sulfonamides is 1. The summed E-state index contributed by atoms with van der Waals surface area (Å²) in [4.78, 5) is 14.3. The topological polar surface area (TPSA) is 95.5 Å². The molecule has 1 aromatic carbocycles. The molecule has 0 unspecified atom stereocenters. The third-order valence-corrected chi connectivity index (χ3v) is 8.33. The highest BCUT2D eigenvalue weighted by molar-refractivity contribution is 8.01. The van der Waals surface area contributed by atoms with Gasteiger partial charge in [-0.25, -0.2) is 8.42 Å². The zero-order chi connectivity index (χ0) is 20.9. The van der Waals surface area contributed by atoms with Gasteiger partial charge in [-0.1, -0.05) is 40.8 Å². The Balaban J connectivity index is 1.49. The number of piperazine rings is 1. The molecule has 1 aromatic heterocycles. The number of carbonyl (C=O) groups is 1. The molecule has 1 amide bonds. The summed E-state index contributed by atoms with van der Waals surface area (Å²) in [5.41, 5.74) is 0. The Morgan fingerprint density at radius 1 is 1.24 bits per heavy atom. The molecular weight excluding hydrogens is 454 g/mol. The summed E-state index contributed by atoms with van der Waals surface area (Å²) >= 11 is 8.53. The van der Waals surface area contributed by atoms with Gasteiger partial charge < -0.3 is 10.2 Å². The molecule has 156 valence electrons. The maximum absolute atomic E-state index is 12.7. The van der Waals surface area contributed by atoms with Gasteiger partial charge in [0.05, 0.1) is 10.6 Å². The van der Waals surface area contributed by atoms with Gasteiger partial charge in [0.25, 0.3) is 0 Å². The molecule has 8 nitrogen and oxygen atoms in total. The van der Waals surface area contributed by atoms with Crippen LogP contribution in [0, 0.1) is 0 Å². The van der Waals surface area contributed by atoms with E-state index in [0.29, 0.717) is 34.1 Å². The summed E-state index contributed by atoms with van der Waals surface area (Å²) < 4.78 is 27.5. The Kier molecular flexibility index (Phi) is 7.52. The van der Waals surface area contributed by atoms with Crippen LogP contribution in [-0.4, -0.2) is 72.2 Å². The summed E-state index contributed by atoms with van der Waals surface area (Å²) in [5, 5.41) is 12.2. The second kappa shape index (κ2) is 9.90. The first-order valence-corrected chi connectivity index (χ1v) is 12.4. The Hall–Kier alpha value is -1.66. The molecule has 1 aliphatic rings. The van der Waals surface area contributed by atoms with E-state index in [2.05, 4.69) is 22.1 Å². The van der Waals surface area contributed by atoms with Gasteiger partial charge in [-0.05, 0) is 24.3 Å². The van der Waals surface area contributed by atoms with Gasteiger partial charge in [0.1, 0.15) is 0 Å². The highest BCUT2D eigenvalue weighted by atomic mass is 35.5. The maximum atomic E-state index is 12.7. The van der Waals surface area contributed by atoms with E-state index in [1.807, 2.05) is 0 Å². The highest BCUT2D eigenvalue weighted by Gasteiger charge is 2.30. The molecule has 1 aliphatic heterocycles. The van der Waals surface area contributed by atoms with E-state index in [1.54, 1.807) is 23.1 Å². The molecule has 0 radical (unpaired) electrons. The predicted molar refractivity (Wildman–Crippen MR) is 116 cm³/mol. The standard InChI is InChI=1S/C17H20ClN5O3S3/c1-2-7-19-16-20-21-17(28-16)27-12-15(24)22-8-10-23(11-9-22)29(25,26)14-5-3-13(18)4-6-14/h2-6H,1,7-12H2,(H,19,20). The minimum Gasteiger partial charge on any atom is -0.357 e. The molecule has 2 aromatic rings. The lowest BCUT2D eigenvalue weighted by Gasteiger charge is -2.34. The Labute approximate surface area is 183 Å². The Morgan fingerprint density at radius 3 is 2.59 bits per heavy atom. The maximum Gasteiger partial charge on any atom is 0.243 e. The van der Waals surface area contributed by atoms with Crippen molar-refractivity contribution in [3.63, 3.8) is 0 Å². The first kappa shape index (κ1) is 22.0. The van der Waals surface area contributed by atoms with Crippen LogP contribution in [0.25, 0.3) is 0 Å². The number of amides is 1. The van der Waals surface area contributed by atoms with E-state index in [4.69, 9.17) is 11.6 Å². The zero-order valence-corrected chi connectivity index (χ0v) is 18.7. The molecule has 0 bridgehead atoms. The van der Waals surface area contributed by atoms with E-state index in [0.717, 1.165) is 0 Å². The largest absolute Gasteiger partial charge is 0.357 e. The number of nitrogens with one attached hydrogen (secondary N) is 1. The van der Waals surface area contributed by atoms with Gasteiger partial charge in [0.15, 0.2) is 4.34 Å². The molecule has 2 heterocycles. The van der Waals surface area contributed by atoms with Crippen LogP contribution in [0.3, 0.4) is 0 Å². The molecule has 1 fully saturated rings. The average Bonchev–Trinajstić information content (AvgIpc) is 3.18. The van der Waals surface area contributed by atoms with Gasteiger partial charge in [-0.15, -0.1) is 16.8 Å². The third kappa shape index (κ3) is 5.70. The number of rotatable bonds is 8. The number of halogens is 1. The van der Waals surface area contributed by atoms with Crippen LogP contribution in [0.5, 0.6) is 0 Å². The van der Waals surface area contributed by atoms with Crippen molar-refractivity contribution in [3.8, 4) is 0 Å². The van der Waals surface area contributed by atoms with Crippen molar-refractivity contribution in [1.29, 1.82) is 0 Å². The van der Waals surface area contributed by atoms with Crippen molar-refractivity contribution in [2.45, 2.75) is 9.24 Å². The van der Waals surface area contributed by atoms with Gasteiger partial charge >= 0.3 is 0 Å². The zero-order valence-electron chi connectivity index (χ0n) is 15.5. The molecule has 1 N–H and O–H groups in total. The van der Waals surface area contributed by atoms with E-state index < -0.39 is 10.0 Å². The van der Waals surface area contributed by atoms with Crippen molar-refractivity contribution >= 4 is 55.8 Å². The predicted octanol–water partition coefficient (Wildman–Crippen LogP) is 2.41. The molecule has 0 aliphatic carbocycles. The Morgan fingerprint density at radius 2 is 1.93 bits per heavy atom. The number of carbonyl (C=O) groups excluding carboxylic acids is 1. The van der Waals surface area contributed by atoms with Crippen molar-refractivity contribution in [1.82, 2.24) is 19.4 Å². The summed E-state index contributed by atoms with van der Waals surface area (Å²) in [6.07, 6.45) is 1.73. The summed E-state index contributed by atoms with van der Waals surface area (Å²) in [7, 11) is -3.59. The van der Waals surface area contributed by atoms with Crippen molar-refractivity contribution in [2.24, 2.45) is 0 Å². The van der Waals surface area contributed by atoms with Gasteiger partial charge in [0.2, 0.25) is 21.1 Å². The molecule has 0 atom stereocenters. The third-order valence-electron chi connectivity index (χ3n) is 4.17. The van der Waals surface area contributed by atoms with E-state index in [1.165, 1.54) is 39.5 Å². The fourth-order valence-electron chi connectivity index (χ4n) is 2.65. The van der Waals surface area contributed by atoms with Gasteiger partial charge in [-0.3, -0.25) is 4.79 Å². The summed E-state index contributed by atoms with van der Waals surface area (Å²) in [6.45, 7) is 5.46. The van der Waals surface area contributed by atoms with Crippen molar-refractivity contribution in [3.05, 3.63) is 41.9 Å².